The van der Waals surface area contributed by atoms with Crippen LogP contribution < -0.4 is 0 Å². The van der Waals surface area contributed by atoms with Gasteiger partial charge >= 0.3 is 39.5 Å². The summed E-state index contributed by atoms with van der Waals surface area (Å²) in [6.07, 6.45) is 101. The second kappa shape index (κ2) is 80.7. The second-order valence-electron chi connectivity index (χ2n) is 26.6. The Morgan fingerprint density at radius 1 is 0.264 bits per heavy atom. The smallest absolute Gasteiger partial charge is 0.462 e. The maximum atomic E-state index is 13.1. The molecule has 0 spiro atoms. The zero-order valence-corrected chi connectivity index (χ0v) is 69.6. The Kier molecular flexibility index (Phi) is 76.0. The third-order valence-electron chi connectivity index (χ3n) is 16.2. The average molecular weight is 1570 g/mol. The Hall–Kier alpha value is -6.36. The van der Waals surface area contributed by atoms with Crippen LogP contribution in [0.15, 0.2) is 207 Å². The van der Waals surface area contributed by atoms with Crippen molar-refractivity contribution in [2.75, 3.05) is 39.6 Å². The average Bonchev–Trinajstić information content (AvgIpc) is 0.907. The van der Waals surface area contributed by atoms with Gasteiger partial charge in [0.25, 0.3) is 0 Å². The number of phosphoric ester groups is 2. The third-order valence-corrected chi connectivity index (χ3v) is 18.1. The normalized spacial score (nSPS) is 14.9. The molecule has 0 aromatic heterocycles. The maximum Gasteiger partial charge on any atom is 0.472 e. The fourth-order valence-corrected chi connectivity index (χ4v) is 11.6. The van der Waals surface area contributed by atoms with Gasteiger partial charge in [0.05, 0.1) is 26.4 Å². The number of rotatable bonds is 75. The minimum absolute atomic E-state index is 0.0421. The highest BCUT2D eigenvalue weighted by atomic mass is 31.2. The Bertz CT molecular complexity index is 2900. The first-order chi connectivity index (χ1) is 53.7. The molecule has 0 bridgehead atoms. The summed E-state index contributed by atoms with van der Waals surface area (Å²) in [5.41, 5.74) is 0. The first kappa shape index (κ1) is 104. The molecule has 0 fully saturated rings. The summed E-state index contributed by atoms with van der Waals surface area (Å²) >= 11 is 0. The van der Waals surface area contributed by atoms with Crippen molar-refractivity contribution in [2.45, 2.75) is 303 Å². The van der Waals surface area contributed by atoms with Crippen LogP contribution in [0.3, 0.4) is 0 Å². The summed E-state index contributed by atoms with van der Waals surface area (Å²) < 4.78 is 68.5. The van der Waals surface area contributed by atoms with Gasteiger partial charge in [0.2, 0.25) is 0 Å². The van der Waals surface area contributed by atoms with Crippen molar-refractivity contribution in [3.8, 4) is 0 Å². The maximum absolute atomic E-state index is 13.1. The summed E-state index contributed by atoms with van der Waals surface area (Å²) in [5.74, 6) is -2.46. The number of ether oxygens (including phenoxy) is 4. The topological polar surface area (TPSA) is 237 Å². The van der Waals surface area contributed by atoms with Gasteiger partial charge in [-0.3, -0.25) is 37.3 Å². The molecule has 0 rings (SSSR count). The van der Waals surface area contributed by atoms with Crippen molar-refractivity contribution in [3.05, 3.63) is 207 Å². The van der Waals surface area contributed by atoms with E-state index in [4.69, 9.17) is 37.0 Å². The second-order valence-corrected chi connectivity index (χ2v) is 29.5. The lowest BCUT2D eigenvalue weighted by atomic mass is 10.1. The number of aliphatic hydroxyl groups is 1. The van der Waals surface area contributed by atoms with Gasteiger partial charge in [-0.15, -0.1) is 0 Å². The molecular weight excluding hydrogens is 1430 g/mol. The zero-order valence-electron chi connectivity index (χ0n) is 67.8. The Balaban J connectivity index is 5.59. The van der Waals surface area contributed by atoms with Crippen molar-refractivity contribution in [3.63, 3.8) is 0 Å². The highest BCUT2D eigenvalue weighted by Gasteiger charge is 2.30. The Morgan fingerprint density at radius 2 is 0.500 bits per heavy atom. The highest BCUT2D eigenvalue weighted by Crippen LogP contribution is 2.45. The molecule has 0 saturated carbocycles. The monoisotopic (exact) mass is 1570 g/mol. The lowest BCUT2D eigenvalue weighted by molar-refractivity contribution is -0.161. The molecule has 0 aromatic rings. The van der Waals surface area contributed by atoms with Crippen LogP contribution in [0.2, 0.25) is 0 Å². The molecular formula is C91H144O17P2. The molecule has 0 aliphatic heterocycles. The number of hydrogen-bond acceptors (Lipinski definition) is 15. The van der Waals surface area contributed by atoms with Crippen LogP contribution >= 0.6 is 15.6 Å². The minimum Gasteiger partial charge on any atom is -0.462 e. The number of unbranched alkanes of at least 4 members (excludes halogenated alkanes) is 15. The molecule has 0 radical (unpaired) electrons. The summed E-state index contributed by atoms with van der Waals surface area (Å²) in [5, 5.41) is 10.7. The van der Waals surface area contributed by atoms with Gasteiger partial charge in [0, 0.05) is 25.7 Å². The molecule has 0 aliphatic rings. The van der Waals surface area contributed by atoms with Crippen LogP contribution in [0.25, 0.3) is 0 Å². The highest BCUT2D eigenvalue weighted by molar-refractivity contribution is 7.47. The molecule has 3 N–H and O–H groups in total. The van der Waals surface area contributed by atoms with Gasteiger partial charge < -0.3 is 33.8 Å². The first-order valence-corrected chi connectivity index (χ1v) is 44.3. The molecule has 620 valence electrons. The third kappa shape index (κ3) is 79.7. The predicted molar refractivity (Wildman–Crippen MR) is 454 cm³/mol. The lowest BCUT2D eigenvalue weighted by Crippen LogP contribution is -2.30. The van der Waals surface area contributed by atoms with E-state index in [0.29, 0.717) is 44.9 Å². The summed E-state index contributed by atoms with van der Waals surface area (Å²) in [4.78, 5) is 73.1. The lowest BCUT2D eigenvalue weighted by Gasteiger charge is -2.21. The van der Waals surface area contributed by atoms with E-state index in [1.807, 2.05) is 48.6 Å². The molecule has 0 amide bonds. The van der Waals surface area contributed by atoms with Gasteiger partial charge in [-0.2, -0.15) is 0 Å². The van der Waals surface area contributed by atoms with E-state index in [9.17, 15) is 43.2 Å². The van der Waals surface area contributed by atoms with Gasteiger partial charge in [0.1, 0.15) is 19.3 Å². The van der Waals surface area contributed by atoms with E-state index in [2.05, 4.69) is 186 Å². The van der Waals surface area contributed by atoms with Gasteiger partial charge in [-0.1, -0.05) is 298 Å². The van der Waals surface area contributed by atoms with Crippen LogP contribution in [0.1, 0.15) is 285 Å². The van der Waals surface area contributed by atoms with E-state index in [0.717, 1.165) is 141 Å². The number of phosphoric acid groups is 2. The molecule has 0 aliphatic carbocycles. The molecule has 0 saturated heterocycles. The minimum atomic E-state index is -5.03. The molecule has 0 heterocycles. The van der Waals surface area contributed by atoms with Gasteiger partial charge in [0.15, 0.2) is 12.2 Å². The molecule has 0 aromatic carbocycles. The SMILES string of the molecule is CC/C=C\C/C=C\C/C=C\C/C=C\C/C=C\C/C=C\CCC(=O)O[C@H](COC(=O)CCC/C=C\C/C=C\C/C=C\C/C=C\CCCCC)COP(=O)(O)OC[C@@H](O)COP(=O)(O)OC[C@@H](COC(=O)CCCCCCCCC/C=C\CCCCCC)OC(=O)CC/C=C\C/C=C\C/C=C\C/C=C\C/C=C\C/C=C\CC. The Morgan fingerprint density at radius 3 is 0.827 bits per heavy atom. The Labute approximate surface area is 665 Å². The molecule has 2 unspecified atom stereocenters. The largest absolute Gasteiger partial charge is 0.472 e. The summed E-state index contributed by atoms with van der Waals surface area (Å²) in [6, 6.07) is 0. The fourth-order valence-electron chi connectivity index (χ4n) is 10.0. The van der Waals surface area contributed by atoms with Crippen LogP contribution in [-0.2, 0) is 65.4 Å². The van der Waals surface area contributed by atoms with Crippen LogP contribution in [0.4, 0.5) is 0 Å². The van der Waals surface area contributed by atoms with Crippen molar-refractivity contribution < 1.29 is 80.2 Å². The van der Waals surface area contributed by atoms with Crippen molar-refractivity contribution in [1.82, 2.24) is 0 Å². The van der Waals surface area contributed by atoms with Crippen molar-refractivity contribution in [1.29, 1.82) is 0 Å². The number of aliphatic hydroxyl groups excluding tert-OH is 1. The molecule has 19 heteroatoms. The predicted octanol–water partition coefficient (Wildman–Crippen LogP) is 24.7. The number of hydrogen-bond donors (Lipinski definition) is 3. The zero-order chi connectivity index (χ0) is 80.3. The summed E-state index contributed by atoms with van der Waals surface area (Å²) in [7, 11) is -10.1. The van der Waals surface area contributed by atoms with Crippen molar-refractivity contribution in [2.24, 2.45) is 0 Å². The number of carbonyl (C=O) groups excluding carboxylic acids is 4. The van der Waals surface area contributed by atoms with Crippen LogP contribution in [-0.4, -0.2) is 96.7 Å². The number of allylic oxidation sites excluding steroid dienone is 34. The number of esters is 4. The van der Waals surface area contributed by atoms with E-state index >= 15 is 0 Å². The summed E-state index contributed by atoms with van der Waals surface area (Å²) in [6.45, 7) is 4.34. The standard InChI is InChI=1S/C91H144O17P2/c1-5-9-13-17-21-25-29-33-37-40-42-45-49-53-57-61-65-69-73-77-90(95)107-86(81-101-88(93)75-71-67-63-59-55-51-47-36-32-28-24-20-16-12-8-4)83-105-109(97,98)103-79-85(92)80-104-110(99,100)106-84-87(82-102-89(94)76-72-68-64-60-56-52-48-44-39-35-31-27-23-19-15-11-7-3)108-91(96)78-74-70-66-62-58-54-50-46-43-41-38-34-30-26-22-18-14-10-6-2/h9-10,13-14,21-23,25-28,32-35,37-39,42-43,45-46,48,52-54,57-58,60,64-66,69-70,85-87,92H,5-8,11-12,15-20,24,29-31,36,40-41,44,47,49-51,55-56,59,61-63,67-68,71-84H2,1-4H3,(H,97,98)(H,99,100)/b13-9-,14-10-,25-21-,26-22-,27-23-,32-28-,37-33-,38-34-,39-35-,45-42-,46-43-,52-48-,57-53-,58-54-,64-60-,69-65-,70-66-/t85-,86+,87+/m0/s1. The molecule has 17 nitrogen and oxygen atoms in total. The van der Waals surface area contributed by atoms with Gasteiger partial charge in [-0.05, 0) is 167 Å². The number of carbonyl (C=O) groups is 4. The van der Waals surface area contributed by atoms with Crippen LogP contribution in [0.5, 0.6) is 0 Å². The molecule has 110 heavy (non-hydrogen) atoms. The van der Waals surface area contributed by atoms with Crippen molar-refractivity contribution >= 4 is 39.5 Å². The van der Waals surface area contributed by atoms with E-state index in [-0.39, 0.29) is 25.7 Å². The molecule has 5 atom stereocenters. The van der Waals surface area contributed by atoms with Crippen LogP contribution in [0, 0.1) is 0 Å². The first-order valence-electron chi connectivity index (χ1n) is 41.3. The van der Waals surface area contributed by atoms with E-state index in [1.54, 1.807) is 0 Å². The fraction of sp³-hybridized carbons (Fsp3) is 0.582. The quantitative estimate of drug-likeness (QED) is 0.0169. The van der Waals surface area contributed by atoms with E-state index in [1.165, 1.54) is 44.9 Å². The van der Waals surface area contributed by atoms with Gasteiger partial charge in [-0.25, -0.2) is 9.13 Å². The van der Waals surface area contributed by atoms with E-state index < -0.39 is 97.5 Å².